The molecule has 13 heavy (non-hydrogen) atoms. The third-order valence-electron chi connectivity index (χ3n) is 2.12. The van der Waals surface area contributed by atoms with Gasteiger partial charge in [0.25, 0.3) is 0 Å². The van der Waals surface area contributed by atoms with E-state index in [0.29, 0.717) is 17.5 Å². The third-order valence-corrected chi connectivity index (χ3v) is 2.12. The molecule has 1 aromatic rings. The van der Waals surface area contributed by atoms with E-state index in [4.69, 9.17) is 0 Å². The van der Waals surface area contributed by atoms with Crippen LogP contribution in [-0.2, 0) is 12.1 Å². The molecule has 2 heteroatoms. The lowest BCUT2D eigenvalue weighted by molar-refractivity contribution is 0.220. The number of benzene rings is 1. The summed E-state index contributed by atoms with van der Waals surface area (Å²) in [6.07, 6.45) is 0.638. The zero-order valence-corrected chi connectivity index (χ0v) is 8.20. The molecule has 1 aromatic carbocycles. The minimum Gasteiger partial charge on any atom is -0.239 e. The Morgan fingerprint density at radius 3 is 2.31 bits per heavy atom. The van der Waals surface area contributed by atoms with Gasteiger partial charge in [-0.1, -0.05) is 19.1 Å². The van der Waals surface area contributed by atoms with E-state index in [9.17, 15) is 8.78 Å². The fraction of sp³-hybridized carbons (Fsp3) is 0.455. The van der Waals surface area contributed by atoms with Gasteiger partial charge >= 0.3 is 0 Å². The first-order valence-electron chi connectivity index (χ1n) is 4.43. The molecule has 0 unspecified atom stereocenters. The lowest BCUT2D eigenvalue weighted by atomic mass is 9.98. The summed E-state index contributed by atoms with van der Waals surface area (Å²) in [4.78, 5) is 0. The van der Waals surface area contributed by atoms with Gasteiger partial charge in [0.15, 0.2) is 0 Å². The summed E-state index contributed by atoms with van der Waals surface area (Å²) in [7, 11) is 0. The van der Waals surface area contributed by atoms with Crippen molar-refractivity contribution < 1.29 is 8.78 Å². The molecule has 0 aliphatic carbocycles. The van der Waals surface area contributed by atoms with Crippen LogP contribution in [0.15, 0.2) is 18.2 Å². The molecule has 0 saturated heterocycles. The first kappa shape index (κ1) is 10.2. The molecule has 0 amide bonds. The molecule has 1 rings (SSSR count). The minimum absolute atomic E-state index is 0.314. The quantitative estimate of drug-likeness (QED) is 0.658. The van der Waals surface area contributed by atoms with Gasteiger partial charge in [-0.3, -0.25) is 0 Å². The SMILES string of the molecule is CCc1ccc(C(C)(C)F)cc1F. The van der Waals surface area contributed by atoms with Gasteiger partial charge in [-0.15, -0.1) is 0 Å². The van der Waals surface area contributed by atoms with E-state index in [-0.39, 0.29) is 5.82 Å². The van der Waals surface area contributed by atoms with Gasteiger partial charge in [-0.2, -0.15) is 0 Å². The number of alkyl halides is 1. The van der Waals surface area contributed by atoms with Crippen molar-refractivity contribution in [1.29, 1.82) is 0 Å². The zero-order valence-electron chi connectivity index (χ0n) is 8.20. The predicted octanol–water partition coefficient (Wildman–Crippen LogP) is 3.59. The zero-order chi connectivity index (χ0) is 10.1. The Kier molecular flexibility index (Phi) is 2.69. The maximum atomic E-state index is 13.4. The molecule has 72 valence electrons. The smallest absolute Gasteiger partial charge is 0.130 e. The number of halogens is 2. The molecule has 0 radical (unpaired) electrons. The van der Waals surface area contributed by atoms with Gasteiger partial charge in [0.05, 0.1) is 0 Å². The molecule has 0 heterocycles. The minimum atomic E-state index is -1.47. The van der Waals surface area contributed by atoms with Crippen LogP contribution < -0.4 is 0 Å². The van der Waals surface area contributed by atoms with Crippen LogP contribution in [0.2, 0.25) is 0 Å². The molecule has 0 aromatic heterocycles. The molecular formula is C11H14F2. The lowest BCUT2D eigenvalue weighted by Crippen LogP contribution is -2.09. The van der Waals surface area contributed by atoms with Crippen molar-refractivity contribution in [3.63, 3.8) is 0 Å². The summed E-state index contributed by atoms with van der Waals surface area (Å²) in [5.74, 6) is -0.314. The summed E-state index contributed by atoms with van der Waals surface area (Å²) in [6.45, 7) is 4.72. The molecule has 0 bridgehead atoms. The Morgan fingerprint density at radius 2 is 1.92 bits per heavy atom. The van der Waals surface area contributed by atoms with Crippen molar-refractivity contribution in [2.45, 2.75) is 32.9 Å². The Labute approximate surface area is 77.6 Å². The molecule has 0 N–H and O–H groups in total. The summed E-state index contributed by atoms with van der Waals surface area (Å²) >= 11 is 0. The Balaban J connectivity index is 3.10. The van der Waals surface area contributed by atoms with Crippen LogP contribution in [-0.4, -0.2) is 0 Å². The highest BCUT2D eigenvalue weighted by molar-refractivity contribution is 5.27. The third kappa shape index (κ3) is 2.27. The van der Waals surface area contributed by atoms with Gasteiger partial charge < -0.3 is 0 Å². The first-order chi connectivity index (χ1) is 5.95. The van der Waals surface area contributed by atoms with Gasteiger partial charge in [-0.25, -0.2) is 8.78 Å². The van der Waals surface area contributed by atoms with E-state index < -0.39 is 5.67 Å². The summed E-state index contributed by atoms with van der Waals surface area (Å²) in [5.41, 5.74) is -0.442. The highest BCUT2D eigenvalue weighted by Gasteiger charge is 2.19. The molecule has 0 atom stereocenters. The highest BCUT2D eigenvalue weighted by atomic mass is 19.1. The summed E-state index contributed by atoms with van der Waals surface area (Å²) in [5, 5.41) is 0. The number of rotatable bonds is 2. The van der Waals surface area contributed by atoms with Crippen molar-refractivity contribution in [2.24, 2.45) is 0 Å². The van der Waals surface area contributed by atoms with Crippen LogP contribution >= 0.6 is 0 Å². The first-order valence-corrected chi connectivity index (χ1v) is 4.43. The van der Waals surface area contributed by atoms with Gasteiger partial charge in [-0.05, 0) is 37.5 Å². The van der Waals surface area contributed by atoms with Crippen molar-refractivity contribution in [3.05, 3.63) is 35.1 Å². The van der Waals surface area contributed by atoms with Crippen LogP contribution in [0.5, 0.6) is 0 Å². The van der Waals surface area contributed by atoms with Crippen molar-refractivity contribution >= 4 is 0 Å². The monoisotopic (exact) mass is 184 g/mol. The molecule has 0 saturated carbocycles. The van der Waals surface area contributed by atoms with Crippen LogP contribution in [0.4, 0.5) is 8.78 Å². The van der Waals surface area contributed by atoms with Gasteiger partial charge in [0, 0.05) is 0 Å². The predicted molar refractivity (Wildman–Crippen MR) is 49.9 cm³/mol. The van der Waals surface area contributed by atoms with Gasteiger partial charge in [0.1, 0.15) is 11.5 Å². The molecule has 0 spiro atoms. The number of aryl methyl sites for hydroxylation is 1. The second kappa shape index (κ2) is 3.44. The Bertz CT molecular complexity index is 297. The van der Waals surface area contributed by atoms with Crippen LogP contribution in [0.25, 0.3) is 0 Å². The average molecular weight is 184 g/mol. The molecule has 0 aliphatic heterocycles. The van der Waals surface area contributed by atoms with E-state index >= 15 is 0 Å². The van der Waals surface area contributed by atoms with E-state index in [0.717, 1.165) is 0 Å². The Hall–Kier alpha value is -0.920. The Morgan fingerprint density at radius 1 is 1.31 bits per heavy atom. The van der Waals surface area contributed by atoms with E-state index in [2.05, 4.69) is 0 Å². The van der Waals surface area contributed by atoms with Crippen LogP contribution in [0.1, 0.15) is 31.9 Å². The summed E-state index contributed by atoms with van der Waals surface area (Å²) < 4.78 is 26.6. The standard InChI is InChI=1S/C11H14F2/c1-4-8-5-6-9(7-10(8)12)11(2,3)13/h5-7H,4H2,1-3H3. The van der Waals surface area contributed by atoms with Crippen LogP contribution in [0, 0.1) is 5.82 Å². The maximum absolute atomic E-state index is 13.4. The maximum Gasteiger partial charge on any atom is 0.130 e. The average Bonchev–Trinajstić information content (AvgIpc) is 2.02. The lowest BCUT2D eigenvalue weighted by Gasteiger charge is -2.15. The number of hydrogen-bond acceptors (Lipinski definition) is 0. The molecule has 0 fully saturated rings. The van der Waals surface area contributed by atoms with Gasteiger partial charge in [0.2, 0.25) is 0 Å². The fourth-order valence-electron chi connectivity index (χ4n) is 1.20. The molecule has 0 nitrogen and oxygen atoms in total. The fourth-order valence-corrected chi connectivity index (χ4v) is 1.20. The van der Waals surface area contributed by atoms with Crippen LogP contribution in [0.3, 0.4) is 0 Å². The molecular weight excluding hydrogens is 170 g/mol. The van der Waals surface area contributed by atoms with Crippen molar-refractivity contribution in [2.75, 3.05) is 0 Å². The highest BCUT2D eigenvalue weighted by Crippen LogP contribution is 2.25. The largest absolute Gasteiger partial charge is 0.239 e. The topological polar surface area (TPSA) is 0 Å². The van der Waals surface area contributed by atoms with E-state index in [1.165, 1.54) is 19.9 Å². The normalized spacial score (nSPS) is 11.8. The molecule has 0 aliphatic rings. The number of hydrogen-bond donors (Lipinski definition) is 0. The summed E-state index contributed by atoms with van der Waals surface area (Å²) in [6, 6.07) is 4.56. The second-order valence-corrected chi connectivity index (χ2v) is 3.63. The van der Waals surface area contributed by atoms with E-state index in [1.807, 2.05) is 6.92 Å². The van der Waals surface area contributed by atoms with Crippen molar-refractivity contribution in [1.82, 2.24) is 0 Å². The van der Waals surface area contributed by atoms with E-state index in [1.54, 1.807) is 12.1 Å². The van der Waals surface area contributed by atoms with Crippen molar-refractivity contribution in [3.8, 4) is 0 Å². The second-order valence-electron chi connectivity index (χ2n) is 3.63.